The number of carbonyl (C=O) groups excluding carboxylic acids is 1. The molecular weight excluding hydrogens is 344 g/mol. The fraction of sp³-hybridized carbons (Fsp3) is 0.480. The van der Waals surface area contributed by atoms with Gasteiger partial charge >= 0.3 is 0 Å². The highest BCUT2D eigenvalue weighted by Crippen LogP contribution is 2.33. The van der Waals surface area contributed by atoms with E-state index in [1.807, 2.05) is 43.4 Å². The average molecular weight is 377 g/mol. The van der Waals surface area contributed by atoms with Crippen LogP contribution in [0.25, 0.3) is 0 Å². The van der Waals surface area contributed by atoms with Crippen LogP contribution in [-0.2, 0) is 4.79 Å². The molecule has 0 unspecified atom stereocenters. The first-order chi connectivity index (χ1) is 13.8. The summed E-state index contributed by atoms with van der Waals surface area (Å²) < 4.78 is 0. The van der Waals surface area contributed by atoms with Gasteiger partial charge in [0.05, 0.1) is 5.92 Å². The first-order valence-electron chi connectivity index (χ1n) is 10.9. The van der Waals surface area contributed by atoms with Crippen molar-refractivity contribution >= 4 is 5.91 Å². The SMILES string of the molecule is CN(C(=O)C(c1ccccc1)c1ccccc1)[C@H]1CCCC[C@@H]1N1CCCC1. The molecule has 1 aliphatic heterocycles. The Morgan fingerprint density at radius 3 is 1.96 bits per heavy atom. The predicted octanol–water partition coefficient (Wildman–Crippen LogP) is 4.68. The van der Waals surface area contributed by atoms with Crippen LogP contribution in [0.15, 0.2) is 60.7 Å². The van der Waals surface area contributed by atoms with Gasteiger partial charge in [0, 0.05) is 19.1 Å². The molecule has 0 bridgehead atoms. The summed E-state index contributed by atoms with van der Waals surface area (Å²) in [6, 6.07) is 21.4. The summed E-state index contributed by atoms with van der Waals surface area (Å²) in [7, 11) is 2.04. The molecule has 1 aliphatic carbocycles. The second-order valence-electron chi connectivity index (χ2n) is 8.37. The zero-order chi connectivity index (χ0) is 19.3. The molecule has 28 heavy (non-hydrogen) atoms. The second-order valence-corrected chi connectivity index (χ2v) is 8.37. The Balaban J connectivity index is 1.62. The smallest absolute Gasteiger partial charge is 0.234 e. The lowest BCUT2D eigenvalue weighted by atomic mass is 9.85. The van der Waals surface area contributed by atoms with Gasteiger partial charge in [-0.25, -0.2) is 0 Å². The Labute approximate surface area is 169 Å². The van der Waals surface area contributed by atoms with E-state index < -0.39 is 0 Å². The number of nitrogens with zero attached hydrogens (tertiary/aromatic N) is 2. The Kier molecular flexibility index (Phi) is 6.11. The number of likely N-dealkylation sites (N-methyl/N-ethyl adjacent to an activating group) is 1. The zero-order valence-electron chi connectivity index (χ0n) is 17.0. The van der Waals surface area contributed by atoms with E-state index >= 15 is 0 Å². The van der Waals surface area contributed by atoms with Crippen molar-refractivity contribution in [3.05, 3.63) is 71.8 Å². The van der Waals surface area contributed by atoms with Crippen molar-refractivity contribution in [1.29, 1.82) is 0 Å². The molecule has 3 nitrogen and oxygen atoms in total. The molecule has 0 aromatic heterocycles. The molecule has 1 amide bonds. The number of amides is 1. The number of hydrogen-bond acceptors (Lipinski definition) is 2. The van der Waals surface area contributed by atoms with Gasteiger partial charge in [-0.1, -0.05) is 73.5 Å². The summed E-state index contributed by atoms with van der Waals surface area (Å²) in [5.41, 5.74) is 2.16. The summed E-state index contributed by atoms with van der Waals surface area (Å²) in [5, 5.41) is 0. The summed E-state index contributed by atoms with van der Waals surface area (Å²) >= 11 is 0. The van der Waals surface area contributed by atoms with Gasteiger partial charge in [0.1, 0.15) is 0 Å². The minimum absolute atomic E-state index is 0.228. The number of rotatable bonds is 5. The van der Waals surface area contributed by atoms with E-state index in [2.05, 4.69) is 34.1 Å². The number of hydrogen-bond donors (Lipinski definition) is 0. The molecule has 4 rings (SSSR count). The molecule has 3 heteroatoms. The van der Waals surface area contributed by atoms with E-state index in [0.717, 1.165) is 17.5 Å². The largest absolute Gasteiger partial charge is 0.340 e. The molecule has 1 heterocycles. The normalized spacial score (nSPS) is 23.1. The standard InChI is InChI=1S/C25H32N2O/c1-26(22-16-8-9-17-23(22)27-18-10-11-19-27)25(28)24(20-12-4-2-5-13-20)21-14-6-3-7-15-21/h2-7,12-15,22-24H,8-11,16-19H2,1H3/t22-,23-/m0/s1. The van der Waals surface area contributed by atoms with E-state index in [1.54, 1.807) is 0 Å². The number of benzene rings is 2. The average Bonchev–Trinajstić information content (AvgIpc) is 3.30. The zero-order valence-corrected chi connectivity index (χ0v) is 17.0. The topological polar surface area (TPSA) is 23.6 Å². The minimum atomic E-state index is -0.228. The second kappa shape index (κ2) is 8.91. The van der Waals surface area contributed by atoms with Crippen LogP contribution in [0, 0.1) is 0 Å². The molecule has 2 aromatic rings. The fourth-order valence-electron chi connectivity index (χ4n) is 5.18. The maximum absolute atomic E-state index is 13.8. The van der Waals surface area contributed by atoms with E-state index in [-0.39, 0.29) is 11.8 Å². The van der Waals surface area contributed by atoms with Crippen LogP contribution in [0.4, 0.5) is 0 Å². The monoisotopic (exact) mass is 376 g/mol. The highest BCUT2D eigenvalue weighted by atomic mass is 16.2. The van der Waals surface area contributed by atoms with Crippen LogP contribution in [0.3, 0.4) is 0 Å². The van der Waals surface area contributed by atoms with Crippen LogP contribution >= 0.6 is 0 Å². The lowest BCUT2D eigenvalue weighted by Crippen LogP contribution is -2.54. The maximum atomic E-state index is 13.8. The van der Waals surface area contributed by atoms with Gasteiger partial charge in [0.25, 0.3) is 0 Å². The van der Waals surface area contributed by atoms with Crippen molar-refractivity contribution in [2.24, 2.45) is 0 Å². The lowest BCUT2D eigenvalue weighted by molar-refractivity contribution is -0.134. The van der Waals surface area contributed by atoms with Crippen LogP contribution in [-0.4, -0.2) is 47.9 Å². The minimum Gasteiger partial charge on any atom is -0.340 e. The highest BCUT2D eigenvalue weighted by Gasteiger charge is 2.37. The summed E-state index contributed by atoms with van der Waals surface area (Å²) in [4.78, 5) is 18.5. The Morgan fingerprint density at radius 2 is 1.39 bits per heavy atom. The number of carbonyl (C=O) groups is 1. The lowest BCUT2D eigenvalue weighted by Gasteiger charge is -2.43. The molecule has 148 valence electrons. The maximum Gasteiger partial charge on any atom is 0.234 e. The van der Waals surface area contributed by atoms with E-state index in [9.17, 15) is 4.79 Å². The first-order valence-corrected chi connectivity index (χ1v) is 10.9. The molecule has 1 saturated carbocycles. The van der Waals surface area contributed by atoms with Crippen LogP contribution in [0.1, 0.15) is 55.6 Å². The van der Waals surface area contributed by atoms with Gasteiger partial charge in [-0.15, -0.1) is 0 Å². The fourth-order valence-corrected chi connectivity index (χ4v) is 5.18. The molecule has 2 atom stereocenters. The molecule has 2 aliphatic rings. The van der Waals surface area contributed by atoms with E-state index in [1.165, 1.54) is 45.2 Å². The Hall–Kier alpha value is -2.13. The van der Waals surface area contributed by atoms with Crippen LogP contribution in [0.2, 0.25) is 0 Å². The van der Waals surface area contributed by atoms with Gasteiger partial charge in [0.2, 0.25) is 5.91 Å². The summed E-state index contributed by atoms with van der Waals surface area (Å²) in [5.74, 6) is 0.00190. The van der Waals surface area contributed by atoms with Gasteiger partial charge in [-0.3, -0.25) is 9.69 Å². The van der Waals surface area contributed by atoms with Crippen LogP contribution in [0.5, 0.6) is 0 Å². The first kappa shape index (κ1) is 19.2. The van der Waals surface area contributed by atoms with Crippen molar-refractivity contribution in [3.63, 3.8) is 0 Å². The van der Waals surface area contributed by atoms with E-state index in [4.69, 9.17) is 0 Å². The Bertz CT molecular complexity index is 715. The van der Waals surface area contributed by atoms with Crippen molar-refractivity contribution < 1.29 is 4.79 Å². The van der Waals surface area contributed by atoms with Crippen molar-refractivity contribution in [3.8, 4) is 0 Å². The van der Waals surface area contributed by atoms with Gasteiger partial charge in [-0.2, -0.15) is 0 Å². The van der Waals surface area contributed by atoms with Crippen molar-refractivity contribution in [2.75, 3.05) is 20.1 Å². The molecular formula is C25H32N2O. The van der Waals surface area contributed by atoms with Gasteiger partial charge in [0.15, 0.2) is 0 Å². The molecule has 2 fully saturated rings. The van der Waals surface area contributed by atoms with Crippen molar-refractivity contribution in [1.82, 2.24) is 9.80 Å². The summed E-state index contributed by atoms with van der Waals surface area (Å²) in [6.45, 7) is 2.40. The molecule has 2 aromatic carbocycles. The third-order valence-electron chi connectivity index (χ3n) is 6.66. The van der Waals surface area contributed by atoms with Gasteiger partial charge in [-0.05, 0) is 49.9 Å². The third-order valence-corrected chi connectivity index (χ3v) is 6.66. The summed E-state index contributed by atoms with van der Waals surface area (Å²) in [6.07, 6.45) is 7.48. The number of likely N-dealkylation sites (tertiary alicyclic amines) is 1. The van der Waals surface area contributed by atoms with Gasteiger partial charge < -0.3 is 4.90 Å². The predicted molar refractivity (Wildman–Crippen MR) is 114 cm³/mol. The quantitative estimate of drug-likeness (QED) is 0.756. The molecule has 0 N–H and O–H groups in total. The van der Waals surface area contributed by atoms with E-state index in [0.29, 0.717) is 12.1 Å². The van der Waals surface area contributed by atoms with Crippen LogP contribution < -0.4 is 0 Å². The molecule has 0 radical (unpaired) electrons. The van der Waals surface area contributed by atoms with Crippen molar-refractivity contribution in [2.45, 2.75) is 56.5 Å². The Morgan fingerprint density at radius 1 is 0.857 bits per heavy atom. The molecule has 1 saturated heterocycles. The third kappa shape index (κ3) is 4.00. The molecule has 0 spiro atoms. The highest BCUT2D eigenvalue weighted by molar-refractivity contribution is 5.87.